The Morgan fingerprint density at radius 2 is 2.07 bits per heavy atom. The van der Waals surface area contributed by atoms with Gasteiger partial charge in [0.05, 0.1) is 12.1 Å². The summed E-state index contributed by atoms with van der Waals surface area (Å²) in [7, 11) is 1.47. The van der Waals surface area contributed by atoms with E-state index in [1.165, 1.54) is 17.7 Å². The minimum absolute atomic E-state index is 0.0377. The van der Waals surface area contributed by atoms with Gasteiger partial charge < -0.3 is 20.2 Å². The number of hydrogen-bond acceptors (Lipinski definition) is 3. The molecule has 29 heavy (non-hydrogen) atoms. The summed E-state index contributed by atoms with van der Waals surface area (Å²) in [5.41, 5.74) is 1.75. The van der Waals surface area contributed by atoms with Crippen LogP contribution in [-0.2, 0) is 6.54 Å². The molecule has 7 nitrogen and oxygen atoms in total. The van der Waals surface area contributed by atoms with Crippen LogP contribution in [0.25, 0.3) is 10.9 Å². The van der Waals surface area contributed by atoms with Crippen LogP contribution in [0.3, 0.4) is 0 Å². The zero-order chi connectivity index (χ0) is 20.5. The van der Waals surface area contributed by atoms with Crippen LogP contribution in [0.2, 0.25) is 0 Å². The molecule has 0 spiro atoms. The van der Waals surface area contributed by atoms with Crippen molar-refractivity contribution in [3.8, 4) is 0 Å². The molecule has 2 atom stereocenters. The number of hydrogen-bond donors (Lipinski definition) is 3. The molecule has 2 amide bonds. The summed E-state index contributed by atoms with van der Waals surface area (Å²) < 4.78 is 1.44. The third-order valence-electron chi connectivity index (χ3n) is 5.61. The average Bonchev–Trinajstić information content (AvgIpc) is 3.29. The highest BCUT2D eigenvalue weighted by atomic mass is 16.2. The maximum Gasteiger partial charge on any atom is 0.263 e. The van der Waals surface area contributed by atoms with Gasteiger partial charge in [0.1, 0.15) is 5.56 Å². The van der Waals surface area contributed by atoms with Gasteiger partial charge in [-0.05, 0) is 36.1 Å². The van der Waals surface area contributed by atoms with Gasteiger partial charge in [-0.2, -0.15) is 0 Å². The number of fused-ring (bicyclic) bond motifs is 1. The van der Waals surface area contributed by atoms with E-state index in [-0.39, 0.29) is 24.1 Å². The Hall–Kier alpha value is -3.35. The third-order valence-corrected chi connectivity index (χ3v) is 5.61. The maximum atomic E-state index is 12.9. The molecule has 1 fully saturated rings. The largest absolute Gasteiger partial charge is 0.361 e. The molecule has 0 aliphatic heterocycles. The topological polar surface area (TPSA) is 96.0 Å². The lowest BCUT2D eigenvalue weighted by molar-refractivity contribution is 0.0948. The number of benzene rings is 1. The number of carbonyl (C=O) groups is 2. The summed E-state index contributed by atoms with van der Waals surface area (Å²) in [6.07, 6.45) is 5.38. The first-order valence-electron chi connectivity index (χ1n) is 9.84. The van der Waals surface area contributed by atoms with Crippen molar-refractivity contribution in [2.75, 3.05) is 7.05 Å². The fourth-order valence-corrected chi connectivity index (χ4v) is 3.77. The summed E-state index contributed by atoms with van der Waals surface area (Å²) in [5.74, 6) is -0.254. The number of rotatable bonds is 6. The highest BCUT2D eigenvalue weighted by molar-refractivity contribution is 5.99. The minimum atomic E-state index is -0.504. The molecule has 1 aliphatic rings. The summed E-state index contributed by atoms with van der Waals surface area (Å²) in [6, 6.07) is 9.31. The summed E-state index contributed by atoms with van der Waals surface area (Å²) in [5, 5.41) is 6.49. The van der Waals surface area contributed by atoms with Gasteiger partial charge in [0, 0.05) is 36.4 Å². The van der Waals surface area contributed by atoms with E-state index in [4.69, 9.17) is 0 Å². The molecule has 3 N–H and O–H groups in total. The second kappa shape index (κ2) is 7.58. The van der Waals surface area contributed by atoms with Gasteiger partial charge in [-0.1, -0.05) is 25.5 Å². The monoisotopic (exact) mass is 392 g/mol. The molecular formula is C22H24N4O3. The lowest BCUT2D eigenvalue weighted by atomic mass is 10.1. The van der Waals surface area contributed by atoms with E-state index < -0.39 is 11.5 Å². The number of aromatic nitrogens is 2. The van der Waals surface area contributed by atoms with Crippen LogP contribution in [0.5, 0.6) is 0 Å². The first-order chi connectivity index (χ1) is 14.0. The highest BCUT2D eigenvalue weighted by Crippen LogP contribution is 2.33. The molecule has 0 unspecified atom stereocenters. The van der Waals surface area contributed by atoms with Crippen LogP contribution >= 0.6 is 0 Å². The van der Waals surface area contributed by atoms with Gasteiger partial charge in [-0.3, -0.25) is 14.4 Å². The number of carbonyl (C=O) groups excluding carboxylic acids is 2. The van der Waals surface area contributed by atoms with Crippen molar-refractivity contribution >= 4 is 22.7 Å². The van der Waals surface area contributed by atoms with Crippen molar-refractivity contribution in [3.05, 3.63) is 69.8 Å². The number of aromatic amines is 1. The van der Waals surface area contributed by atoms with Crippen molar-refractivity contribution in [1.82, 2.24) is 20.2 Å². The van der Waals surface area contributed by atoms with Crippen molar-refractivity contribution in [1.29, 1.82) is 0 Å². The fourth-order valence-electron chi connectivity index (χ4n) is 3.77. The Balaban J connectivity index is 1.72. The van der Waals surface area contributed by atoms with Crippen molar-refractivity contribution in [2.24, 2.45) is 5.92 Å². The summed E-state index contributed by atoms with van der Waals surface area (Å²) >= 11 is 0. The van der Waals surface area contributed by atoms with E-state index in [0.29, 0.717) is 11.5 Å². The predicted molar refractivity (Wildman–Crippen MR) is 111 cm³/mol. The molecule has 0 saturated heterocycles. The van der Waals surface area contributed by atoms with Crippen LogP contribution in [0.4, 0.5) is 0 Å². The average molecular weight is 392 g/mol. The predicted octanol–water partition coefficient (Wildman–Crippen LogP) is 2.27. The van der Waals surface area contributed by atoms with E-state index in [2.05, 4.69) is 22.5 Å². The van der Waals surface area contributed by atoms with Gasteiger partial charge in [-0.25, -0.2) is 0 Å². The molecule has 150 valence electrons. The van der Waals surface area contributed by atoms with Gasteiger partial charge in [0.25, 0.3) is 17.4 Å². The number of nitrogens with one attached hydrogen (secondary N) is 3. The van der Waals surface area contributed by atoms with Crippen LogP contribution in [-0.4, -0.2) is 34.5 Å². The first-order valence-corrected chi connectivity index (χ1v) is 9.84. The Kier molecular flexibility index (Phi) is 4.96. The van der Waals surface area contributed by atoms with Crippen LogP contribution < -0.4 is 16.2 Å². The molecule has 1 aromatic carbocycles. The molecule has 3 aromatic rings. The van der Waals surface area contributed by atoms with Crippen LogP contribution in [0.15, 0.2) is 47.5 Å². The quantitative estimate of drug-likeness (QED) is 0.600. The smallest absolute Gasteiger partial charge is 0.263 e. The van der Waals surface area contributed by atoms with Gasteiger partial charge in [0.15, 0.2) is 0 Å². The van der Waals surface area contributed by atoms with Crippen molar-refractivity contribution < 1.29 is 9.59 Å². The SMILES string of the molecule is CC[C@@H]1C[C@H]1NC(=O)c1cc(C(=O)NC)c(=O)n(Cc2cccc3[nH]ccc23)c1. The van der Waals surface area contributed by atoms with E-state index >= 15 is 0 Å². The van der Waals surface area contributed by atoms with E-state index in [9.17, 15) is 14.4 Å². The number of H-pyrrole nitrogens is 1. The highest BCUT2D eigenvalue weighted by Gasteiger charge is 2.36. The van der Waals surface area contributed by atoms with Gasteiger partial charge in [-0.15, -0.1) is 0 Å². The molecule has 0 radical (unpaired) electrons. The Bertz CT molecular complexity index is 1140. The second-order valence-corrected chi connectivity index (χ2v) is 7.49. The van der Waals surface area contributed by atoms with Gasteiger partial charge in [0.2, 0.25) is 0 Å². The molecule has 7 heteroatoms. The molecule has 2 heterocycles. The lowest BCUT2D eigenvalue weighted by Gasteiger charge is -2.12. The fraction of sp³-hybridized carbons (Fsp3) is 0.318. The van der Waals surface area contributed by atoms with Crippen molar-refractivity contribution in [3.63, 3.8) is 0 Å². The molecule has 1 saturated carbocycles. The van der Waals surface area contributed by atoms with E-state index in [0.717, 1.165) is 29.3 Å². The number of amides is 2. The Morgan fingerprint density at radius 1 is 1.24 bits per heavy atom. The van der Waals surface area contributed by atoms with Crippen molar-refractivity contribution in [2.45, 2.75) is 32.4 Å². The number of nitrogens with zero attached hydrogens (tertiary/aromatic N) is 1. The molecule has 1 aliphatic carbocycles. The molecule has 4 rings (SSSR count). The van der Waals surface area contributed by atoms with E-state index in [1.807, 2.05) is 30.5 Å². The van der Waals surface area contributed by atoms with Crippen LogP contribution in [0.1, 0.15) is 46.0 Å². The first kappa shape index (κ1) is 19.0. The minimum Gasteiger partial charge on any atom is -0.361 e. The molecule has 2 aromatic heterocycles. The maximum absolute atomic E-state index is 12.9. The Labute approximate surface area is 168 Å². The standard InChI is InChI=1S/C22H24N4O3/c1-3-13-10-19(13)25-20(27)15-9-17(21(28)23-2)22(29)26(12-15)11-14-5-4-6-18-16(14)7-8-24-18/h4-9,12-13,19,24H,3,10-11H2,1-2H3,(H,23,28)(H,25,27)/t13-,19-/m1/s1. The molecular weight excluding hydrogens is 368 g/mol. The Morgan fingerprint density at radius 3 is 2.79 bits per heavy atom. The zero-order valence-electron chi connectivity index (χ0n) is 16.5. The molecule has 0 bridgehead atoms. The second-order valence-electron chi connectivity index (χ2n) is 7.49. The lowest BCUT2D eigenvalue weighted by Crippen LogP contribution is -2.34. The normalized spacial score (nSPS) is 17.9. The number of pyridine rings is 1. The summed E-state index contributed by atoms with van der Waals surface area (Å²) in [4.78, 5) is 41.1. The van der Waals surface area contributed by atoms with Crippen LogP contribution in [0, 0.1) is 5.92 Å². The third kappa shape index (κ3) is 3.68. The summed E-state index contributed by atoms with van der Waals surface area (Å²) in [6.45, 7) is 2.36. The van der Waals surface area contributed by atoms with E-state index in [1.54, 1.807) is 6.20 Å². The van der Waals surface area contributed by atoms with Gasteiger partial charge >= 0.3 is 0 Å². The zero-order valence-corrected chi connectivity index (χ0v) is 16.5.